The van der Waals surface area contributed by atoms with E-state index in [2.05, 4.69) is 0 Å². The molecule has 1 unspecified atom stereocenters. The first-order valence-corrected chi connectivity index (χ1v) is 5.90. The van der Waals surface area contributed by atoms with Crippen molar-refractivity contribution in [3.8, 4) is 0 Å². The highest BCUT2D eigenvalue weighted by molar-refractivity contribution is 5.25. The van der Waals surface area contributed by atoms with Gasteiger partial charge in [0.2, 0.25) is 0 Å². The van der Waals surface area contributed by atoms with Crippen LogP contribution in [0, 0.1) is 5.82 Å². The molecule has 0 aliphatic rings. The zero-order valence-corrected chi connectivity index (χ0v) is 10.9. The quantitative estimate of drug-likeness (QED) is 0.755. The number of halogens is 1. The lowest BCUT2D eigenvalue weighted by Gasteiger charge is -2.20. The maximum Gasteiger partial charge on any atom is 0.132 e. The molecule has 0 fully saturated rings. The van der Waals surface area contributed by atoms with Crippen LogP contribution in [0.2, 0.25) is 0 Å². The maximum atomic E-state index is 13.9. The molecule has 0 spiro atoms. The van der Waals surface area contributed by atoms with Gasteiger partial charge in [-0.2, -0.15) is 0 Å². The Morgan fingerprint density at radius 2 is 2.11 bits per heavy atom. The molecule has 3 N–H and O–H groups in total. The van der Waals surface area contributed by atoms with Crippen LogP contribution < -0.4 is 5.73 Å². The van der Waals surface area contributed by atoms with Crippen molar-refractivity contribution in [2.75, 3.05) is 27.3 Å². The van der Waals surface area contributed by atoms with E-state index in [1.807, 2.05) is 11.9 Å². The number of ether oxygens (including phenoxy) is 1. The van der Waals surface area contributed by atoms with E-state index in [-0.39, 0.29) is 19.0 Å². The Hall–Kier alpha value is -1.01. The molecular weight excluding hydrogens is 235 g/mol. The molecule has 1 aromatic rings. The number of aliphatic hydroxyl groups excluding tert-OH is 1. The highest BCUT2D eigenvalue weighted by Crippen LogP contribution is 2.14. The van der Waals surface area contributed by atoms with Gasteiger partial charge in [0.05, 0.1) is 12.7 Å². The summed E-state index contributed by atoms with van der Waals surface area (Å²) < 4.78 is 18.8. The van der Waals surface area contributed by atoms with Crippen molar-refractivity contribution >= 4 is 0 Å². The number of hydrogen-bond donors (Lipinski definition) is 2. The molecule has 0 saturated heterocycles. The molecule has 0 aromatic heterocycles. The molecule has 0 aliphatic carbocycles. The highest BCUT2D eigenvalue weighted by atomic mass is 19.1. The molecule has 0 radical (unpaired) electrons. The van der Waals surface area contributed by atoms with Gasteiger partial charge in [0.15, 0.2) is 0 Å². The van der Waals surface area contributed by atoms with Crippen LogP contribution >= 0.6 is 0 Å². The van der Waals surface area contributed by atoms with Gasteiger partial charge in [-0.15, -0.1) is 0 Å². The van der Waals surface area contributed by atoms with E-state index >= 15 is 0 Å². The number of likely N-dealkylation sites (N-methyl/N-ethyl adjacent to an activating group) is 1. The minimum absolute atomic E-state index is 0.190. The van der Waals surface area contributed by atoms with Gasteiger partial charge in [0.1, 0.15) is 5.82 Å². The SMILES string of the molecule is COCC(O)CN(C)Cc1cccc(CN)c1F. The summed E-state index contributed by atoms with van der Waals surface area (Å²) in [4.78, 5) is 1.85. The first-order chi connectivity index (χ1) is 8.58. The summed E-state index contributed by atoms with van der Waals surface area (Å²) in [6, 6.07) is 5.20. The highest BCUT2D eigenvalue weighted by Gasteiger charge is 2.12. The number of methoxy groups -OCH3 is 1. The lowest BCUT2D eigenvalue weighted by molar-refractivity contribution is 0.0417. The van der Waals surface area contributed by atoms with E-state index in [4.69, 9.17) is 10.5 Å². The fraction of sp³-hybridized carbons (Fsp3) is 0.538. The van der Waals surface area contributed by atoms with Gasteiger partial charge in [-0.1, -0.05) is 18.2 Å². The number of nitrogens with two attached hydrogens (primary N) is 1. The van der Waals surface area contributed by atoms with E-state index < -0.39 is 6.10 Å². The normalized spacial score (nSPS) is 13.0. The van der Waals surface area contributed by atoms with Crippen LogP contribution in [0.4, 0.5) is 4.39 Å². The van der Waals surface area contributed by atoms with E-state index in [0.717, 1.165) is 0 Å². The Morgan fingerprint density at radius 3 is 2.72 bits per heavy atom. The molecule has 0 aliphatic heterocycles. The molecule has 1 rings (SSSR count). The predicted molar refractivity (Wildman–Crippen MR) is 68.5 cm³/mol. The van der Waals surface area contributed by atoms with Crippen LogP contribution in [0.1, 0.15) is 11.1 Å². The van der Waals surface area contributed by atoms with Crippen LogP contribution in [-0.2, 0) is 17.8 Å². The summed E-state index contributed by atoms with van der Waals surface area (Å²) in [5.74, 6) is -0.256. The summed E-state index contributed by atoms with van der Waals surface area (Å²) in [5.41, 5.74) is 6.56. The Labute approximate surface area is 107 Å². The third kappa shape index (κ3) is 4.34. The first kappa shape index (κ1) is 15.0. The fourth-order valence-electron chi connectivity index (χ4n) is 1.87. The Bertz CT molecular complexity index is 374. The number of hydrogen-bond acceptors (Lipinski definition) is 4. The van der Waals surface area contributed by atoms with Crippen molar-refractivity contribution in [3.05, 3.63) is 35.1 Å². The molecule has 1 atom stereocenters. The molecule has 4 nitrogen and oxygen atoms in total. The molecule has 0 bridgehead atoms. The third-order valence-corrected chi connectivity index (χ3v) is 2.70. The van der Waals surface area contributed by atoms with Gasteiger partial charge in [-0.25, -0.2) is 4.39 Å². The van der Waals surface area contributed by atoms with Gasteiger partial charge in [0.25, 0.3) is 0 Å². The van der Waals surface area contributed by atoms with Gasteiger partial charge >= 0.3 is 0 Å². The van der Waals surface area contributed by atoms with E-state index in [1.165, 1.54) is 7.11 Å². The van der Waals surface area contributed by atoms with Gasteiger partial charge < -0.3 is 15.6 Å². The third-order valence-electron chi connectivity index (χ3n) is 2.70. The molecule has 102 valence electrons. The van der Waals surface area contributed by atoms with Crippen molar-refractivity contribution < 1.29 is 14.2 Å². The van der Waals surface area contributed by atoms with Crippen LogP contribution in [0.15, 0.2) is 18.2 Å². The maximum absolute atomic E-state index is 13.9. The number of nitrogens with zero attached hydrogens (tertiary/aromatic N) is 1. The molecule has 0 heterocycles. The zero-order chi connectivity index (χ0) is 13.5. The molecule has 0 amide bonds. The second-order valence-electron chi connectivity index (χ2n) is 4.40. The average Bonchev–Trinajstić information content (AvgIpc) is 2.32. The average molecular weight is 256 g/mol. The standard InChI is InChI=1S/C13H21FN2O2/c1-16(8-12(17)9-18-2)7-11-5-3-4-10(6-15)13(11)14/h3-5,12,17H,6-9,15H2,1-2H3. The van der Waals surface area contributed by atoms with E-state index in [0.29, 0.717) is 24.2 Å². The van der Waals surface area contributed by atoms with Crippen LogP contribution in [0.5, 0.6) is 0 Å². The van der Waals surface area contributed by atoms with Crippen LogP contribution in [0.3, 0.4) is 0 Å². The molecule has 5 heteroatoms. The second kappa shape index (κ2) is 7.43. The van der Waals surface area contributed by atoms with E-state index in [1.54, 1.807) is 18.2 Å². The van der Waals surface area contributed by atoms with Crippen molar-refractivity contribution in [3.63, 3.8) is 0 Å². The van der Waals surface area contributed by atoms with Crippen LogP contribution in [-0.4, -0.2) is 43.4 Å². The van der Waals surface area contributed by atoms with E-state index in [9.17, 15) is 9.50 Å². The number of benzene rings is 1. The first-order valence-electron chi connectivity index (χ1n) is 5.90. The second-order valence-corrected chi connectivity index (χ2v) is 4.40. The van der Waals surface area contributed by atoms with Gasteiger partial charge in [-0.3, -0.25) is 4.90 Å². The molecule has 18 heavy (non-hydrogen) atoms. The molecule has 0 saturated carbocycles. The summed E-state index contributed by atoms with van der Waals surface area (Å²) in [7, 11) is 3.36. The van der Waals surface area contributed by atoms with Crippen molar-refractivity contribution in [2.24, 2.45) is 5.73 Å². The minimum atomic E-state index is -0.569. The lowest BCUT2D eigenvalue weighted by atomic mass is 10.1. The summed E-state index contributed by atoms with van der Waals surface area (Å²) in [6.07, 6.45) is -0.569. The summed E-state index contributed by atoms with van der Waals surface area (Å²) in [6.45, 7) is 1.33. The Balaban J connectivity index is 2.61. The largest absolute Gasteiger partial charge is 0.389 e. The Morgan fingerprint density at radius 1 is 1.44 bits per heavy atom. The topological polar surface area (TPSA) is 58.7 Å². The van der Waals surface area contributed by atoms with Crippen molar-refractivity contribution in [2.45, 2.75) is 19.2 Å². The Kier molecular flexibility index (Phi) is 6.21. The van der Waals surface area contributed by atoms with Crippen molar-refractivity contribution in [1.29, 1.82) is 0 Å². The van der Waals surface area contributed by atoms with Crippen molar-refractivity contribution in [1.82, 2.24) is 4.90 Å². The van der Waals surface area contributed by atoms with Crippen LogP contribution in [0.25, 0.3) is 0 Å². The zero-order valence-electron chi connectivity index (χ0n) is 10.9. The summed E-state index contributed by atoms with van der Waals surface area (Å²) >= 11 is 0. The smallest absolute Gasteiger partial charge is 0.132 e. The summed E-state index contributed by atoms with van der Waals surface area (Å²) in [5, 5.41) is 9.59. The van der Waals surface area contributed by atoms with Gasteiger partial charge in [-0.05, 0) is 7.05 Å². The molecular formula is C13H21FN2O2. The fourth-order valence-corrected chi connectivity index (χ4v) is 1.87. The number of aliphatic hydroxyl groups is 1. The minimum Gasteiger partial charge on any atom is -0.389 e. The molecule has 1 aromatic carbocycles. The predicted octanol–water partition coefficient (Wildman–Crippen LogP) is 0.723. The number of rotatable bonds is 7. The monoisotopic (exact) mass is 256 g/mol. The van der Waals surface area contributed by atoms with Gasteiger partial charge in [0, 0.05) is 37.9 Å². The lowest BCUT2D eigenvalue weighted by Crippen LogP contribution is -2.31.